The fraction of sp³-hybridized carbons (Fsp3) is 0.158. The van der Waals surface area contributed by atoms with Crippen LogP contribution in [0, 0.1) is 11.6 Å². The number of nitrogens with two attached hydrogens (primary N) is 1. The van der Waals surface area contributed by atoms with Gasteiger partial charge in [-0.1, -0.05) is 42.5 Å². The maximum Gasteiger partial charge on any atom is 0.126 e. The summed E-state index contributed by atoms with van der Waals surface area (Å²) in [4.78, 5) is 0. The average Bonchev–Trinajstić information content (AvgIpc) is 2.55. The molecule has 0 saturated carbocycles. The molecule has 112 valence electrons. The van der Waals surface area contributed by atoms with Crippen molar-refractivity contribution < 1.29 is 8.78 Å². The molecule has 0 heterocycles. The summed E-state index contributed by atoms with van der Waals surface area (Å²) in [6.07, 6.45) is 0.582. The highest BCUT2D eigenvalue weighted by atomic mass is 19.1. The molecule has 0 amide bonds. The van der Waals surface area contributed by atoms with Gasteiger partial charge < -0.3 is 5.73 Å². The van der Waals surface area contributed by atoms with Gasteiger partial charge in [0.1, 0.15) is 11.6 Å². The number of fused-ring (bicyclic) bond motifs is 1. The Morgan fingerprint density at radius 1 is 0.909 bits per heavy atom. The van der Waals surface area contributed by atoms with Crippen molar-refractivity contribution >= 4 is 10.8 Å². The minimum atomic E-state index is -0.437. The third-order valence-electron chi connectivity index (χ3n) is 4.03. The molecule has 0 aliphatic heterocycles. The Bertz CT molecular complexity index is 793. The van der Waals surface area contributed by atoms with Gasteiger partial charge in [-0.05, 0) is 53.1 Å². The Hall–Kier alpha value is -2.26. The number of rotatable bonds is 4. The highest BCUT2D eigenvalue weighted by molar-refractivity contribution is 5.85. The Balaban J connectivity index is 2.00. The maximum atomic E-state index is 14.0. The third kappa shape index (κ3) is 2.85. The van der Waals surface area contributed by atoms with Crippen LogP contribution in [0.2, 0.25) is 0 Å². The van der Waals surface area contributed by atoms with Crippen LogP contribution < -0.4 is 5.73 Å². The lowest BCUT2D eigenvalue weighted by atomic mass is 9.89. The summed E-state index contributed by atoms with van der Waals surface area (Å²) in [7, 11) is 0. The normalized spacial score (nSPS) is 12.5. The van der Waals surface area contributed by atoms with Crippen LogP contribution in [0.4, 0.5) is 8.78 Å². The van der Waals surface area contributed by atoms with Gasteiger partial charge in [0.15, 0.2) is 0 Å². The van der Waals surface area contributed by atoms with Gasteiger partial charge in [0, 0.05) is 5.92 Å². The highest BCUT2D eigenvalue weighted by Crippen LogP contribution is 2.27. The van der Waals surface area contributed by atoms with Gasteiger partial charge in [0.05, 0.1) is 0 Å². The fourth-order valence-electron chi connectivity index (χ4n) is 2.88. The van der Waals surface area contributed by atoms with Crippen molar-refractivity contribution in [3.63, 3.8) is 0 Å². The van der Waals surface area contributed by atoms with Crippen LogP contribution in [-0.4, -0.2) is 6.54 Å². The van der Waals surface area contributed by atoms with Crippen LogP contribution in [-0.2, 0) is 6.42 Å². The van der Waals surface area contributed by atoms with Gasteiger partial charge >= 0.3 is 0 Å². The summed E-state index contributed by atoms with van der Waals surface area (Å²) in [5.74, 6) is -1.09. The first-order valence-electron chi connectivity index (χ1n) is 7.30. The zero-order chi connectivity index (χ0) is 15.5. The van der Waals surface area contributed by atoms with Crippen LogP contribution in [0.1, 0.15) is 17.0 Å². The molecule has 0 saturated heterocycles. The smallest absolute Gasteiger partial charge is 0.126 e. The highest BCUT2D eigenvalue weighted by Gasteiger charge is 2.17. The lowest BCUT2D eigenvalue weighted by Crippen LogP contribution is -2.16. The summed E-state index contributed by atoms with van der Waals surface area (Å²) < 4.78 is 27.4. The molecule has 1 atom stereocenters. The average molecular weight is 297 g/mol. The first-order valence-corrected chi connectivity index (χ1v) is 7.30. The molecule has 3 heteroatoms. The number of halogens is 2. The van der Waals surface area contributed by atoms with Gasteiger partial charge in [-0.3, -0.25) is 0 Å². The van der Waals surface area contributed by atoms with E-state index in [0.717, 1.165) is 28.5 Å². The maximum absolute atomic E-state index is 14.0. The van der Waals surface area contributed by atoms with Crippen molar-refractivity contribution in [1.82, 2.24) is 0 Å². The van der Waals surface area contributed by atoms with E-state index in [0.29, 0.717) is 12.0 Å². The molecular weight excluding hydrogens is 280 g/mol. The summed E-state index contributed by atoms with van der Waals surface area (Å²) in [5.41, 5.74) is 7.26. The van der Waals surface area contributed by atoms with Gasteiger partial charge in [-0.25, -0.2) is 8.78 Å². The van der Waals surface area contributed by atoms with Crippen LogP contribution in [0.25, 0.3) is 10.8 Å². The first kappa shape index (κ1) is 14.7. The van der Waals surface area contributed by atoms with Crippen molar-refractivity contribution in [3.8, 4) is 0 Å². The lowest BCUT2D eigenvalue weighted by molar-refractivity contribution is 0.558. The van der Waals surface area contributed by atoms with Crippen molar-refractivity contribution in [2.24, 2.45) is 5.73 Å². The minimum Gasteiger partial charge on any atom is -0.330 e. The van der Waals surface area contributed by atoms with E-state index in [-0.39, 0.29) is 12.5 Å². The van der Waals surface area contributed by atoms with E-state index < -0.39 is 11.6 Å². The molecule has 3 aromatic rings. The Morgan fingerprint density at radius 2 is 1.68 bits per heavy atom. The first-order chi connectivity index (χ1) is 10.7. The summed E-state index contributed by atoms with van der Waals surface area (Å²) >= 11 is 0. The van der Waals surface area contributed by atoms with Crippen molar-refractivity contribution in [3.05, 3.63) is 83.4 Å². The molecule has 2 N–H and O–H groups in total. The zero-order valence-electron chi connectivity index (χ0n) is 12.1. The van der Waals surface area contributed by atoms with E-state index in [1.165, 1.54) is 6.07 Å². The monoisotopic (exact) mass is 297 g/mol. The topological polar surface area (TPSA) is 26.0 Å². The predicted molar refractivity (Wildman–Crippen MR) is 85.8 cm³/mol. The molecule has 3 aromatic carbocycles. The van der Waals surface area contributed by atoms with E-state index >= 15 is 0 Å². The predicted octanol–water partition coefficient (Wildman–Crippen LogP) is 4.40. The molecule has 0 aliphatic carbocycles. The van der Waals surface area contributed by atoms with E-state index in [2.05, 4.69) is 0 Å². The summed E-state index contributed by atoms with van der Waals surface area (Å²) in [5, 5.41) is 2.26. The number of hydrogen-bond acceptors (Lipinski definition) is 1. The molecule has 0 aromatic heterocycles. The Morgan fingerprint density at radius 3 is 2.50 bits per heavy atom. The van der Waals surface area contributed by atoms with Crippen molar-refractivity contribution in [2.45, 2.75) is 12.3 Å². The second kappa shape index (κ2) is 6.24. The third-order valence-corrected chi connectivity index (χ3v) is 4.03. The largest absolute Gasteiger partial charge is 0.330 e. The van der Waals surface area contributed by atoms with Crippen LogP contribution in [0.3, 0.4) is 0 Å². The second-order valence-electron chi connectivity index (χ2n) is 5.44. The quantitative estimate of drug-likeness (QED) is 0.758. The van der Waals surface area contributed by atoms with Gasteiger partial charge in [0.25, 0.3) is 0 Å². The lowest BCUT2D eigenvalue weighted by Gasteiger charge is -2.17. The van der Waals surface area contributed by atoms with Crippen LogP contribution >= 0.6 is 0 Å². The van der Waals surface area contributed by atoms with Crippen molar-refractivity contribution in [2.75, 3.05) is 6.54 Å². The molecule has 0 spiro atoms. The minimum absolute atomic E-state index is 0.249. The van der Waals surface area contributed by atoms with E-state index in [1.807, 2.05) is 42.5 Å². The molecule has 0 bridgehead atoms. The molecule has 0 aliphatic rings. The summed E-state index contributed by atoms with van der Waals surface area (Å²) in [6.45, 7) is 0.267. The molecule has 0 fully saturated rings. The van der Waals surface area contributed by atoms with E-state index in [9.17, 15) is 8.78 Å². The standard InChI is InChI=1S/C19H17F2N/c20-16-8-9-19(21)18(11-16)15(12-22)10-14-6-3-5-13-4-1-2-7-17(13)14/h1-9,11,15H,10,12,22H2. The summed E-state index contributed by atoms with van der Waals surface area (Å²) in [6, 6.07) is 17.6. The number of hydrogen-bond donors (Lipinski definition) is 1. The van der Waals surface area contributed by atoms with Crippen LogP contribution in [0.15, 0.2) is 60.7 Å². The molecular formula is C19H17F2N. The molecule has 3 rings (SSSR count). The molecule has 1 unspecified atom stereocenters. The van der Waals surface area contributed by atoms with Gasteiger partial charge in [0.2, 0.25) is 0 Å². The molecule has 1 nitrogen and oxygen atoms in total. The number of benzene rings is 3. The van der Waals surface area contributed by atoms with E-state index in [4.69, 9.17) is 5.73 Å². The van der Waals surface area contributed by atoms with Crippen LogP contribution in [0.5, 0.6) is 0 Å². The van der Waals surface area contributed by atoms with E-state index in [1.54, 1.807) is 0 Å². The SMILES string of the molecule is NCC(Cc1cccc2ccccc12)c1cc(F)ccc1F. The fourth-order valence-corrected chi connectivity index (χ4v) is 2.88. The second-order valence-corrected chi connectivity index (χ2v) is 5.44. The van der Waals surface area contributed by atoms with Gasteiger partial charge in [-0.15, -0.1) is 0 Å². The molecule has 22 heavy (non-hydrogen) atoms. The van der Waals surface area contributed by atoms with Gasteiger partial charge in [-0.2, -0.15) is 0 Å². The van der Waals surface area contributed by atoms with Crippen molar-refractivity contribution in [1.29, 1.82) is 0 Å². The zero-order valence-corrected chi connectivity index (χ0v) is 12.1. The molecule has 0 radical (unpaired) electrons. The Kier molecular flexibility index (Phi) is 4.16. The Labute approximate surface area is 128 Å².